The summed E-state index contributed by atoms with van der Waals surface area (Å²) in [5, 5.41) is 3.25. The molecule has 4 heteroatoms. The molecule has 1 N–H and O–H groups in total. The molecule has 0 saturated heterocycles. The zero-order valence-corrected chi connectivity index (χ0v) is 11.3. The summed E-state index contributed by atoms with van der Waals surface area (Å²) < 4.78 is 11.9. The molecule has 1 aromatic carbocycles. The van der Waals surface area contributed by atoms with Crippen molar-refractivity contribution in [3.63, 3.8) is 0 Å². The molecule has 0 aliphatic rings. The van der Waals surface area contributed by atoms with Gasteiger partial charge in [-0.05, 0) is 47.6 Å². The molecule has 0 unspecified atom stereocenters. The third-order valence-corrected chi connectivity index (χ3v) is 2.77. The number of ether oxygens (including phenoxy) is 2. The lowest BCUT2D eigenvalue weighted by Crippen LogP contribution is -2.16. The Kier molecular flexibility index (Phi) is 6.26. The SMILES string of the molecule is CCNCCCOc1c(Br)cccc1OC. The molecule has 0 radical (unpaired) electrons. The van der Waals surface area contributed by atoms with Crippen molar-refractivity contribution in [1.29, 1.82) is 0 Å². The monoisotopic (exact) mass is 287 g/mol. The fourth-order valence-electron chi connectivity index (χ4n) is 1.34. The van der Waals surface area contributed by atoms with E-state index >= 15 is 0 Å². The molecule has 1 aromatic rings. The van der Waals surface area contributed by atoms with Crippen molar-refractivity contribution < 1.29 is 9.47 Å². The van der Waals surface area contributed by atoms with Crippen LogP contribution >= 0.6 is 15.9 Å². The number of nitrogens with one attached hydrogen (secondary N) is 1. The number of rotatable bonds is 7. The van der Waals surface area contributed by atoms with Crippen LogP contribution in [0.5, 0.6) is 11.5 Å². The molecule has 0 fully saturated rings. The predicted octanol–water partition coefficient (Wildman–Crippen LogP) is 2.84. The second kappa shape index (κ2) is 7.52. The molecule has 1 rings (SSSR count). The Hall–Kier alpha value is -0.740. The van der Waals surface area contributed by atoms with Gasteiger partial charge in [-0.1, -0.05) is 13.0 Å². The minimum Gasteiger partial charge on any atom is -0.493 e. The summed E-state index contributed by atoms with van der Waals surface area (Å²) >= 11 is 3.45. The highest BCUT2D eigenvalue weighted by molar-refractivity contribution is 9.10. The Balaban J connectivity index is 2.46. The summed E-state index contributed by atoms with van der Waals surface area (Å²) in [4.78, 5) is 0. The highest BCUT2D eigenvalue weighted by atomic mass is 79.9. The second-order valence-electron chi connectivity index (χ2n) is 3.33. The molecule has 0 atom stereocenters. The largest absolute Gasteiger partial charge is 0.493 e. The van der Waals surface area contributed by atoms with Crippen LogP contribution in [0.2, 0.25) is 0 Å². The standard InChI is InChI=1S/C12H18BrNO2/c1-3-14-8-5-9-16-12-10(13)6-4-7-11(12)15-2/h4,6-7,14H,3,5,8-9H2,1-2H3. The fourth-order valence-corrected chi connectivity index (χ4v) is 1.80. The Bertz CT molecular complexity index is 318. The maximum Gasteiger partial charge on any atom is 0.175 e. The molecule has 0 spiro atoms. The summed E-state index contributed by atoms with van der Waals surface area (Å²) in [6, 6.07) is 5.76. The molecule has 16 heavy (non-hydrogen) atoms. The van der Waals surface area contributed by atoms with Gasteiger partial charge in [0, 0.05) is 0 Å². The average Bonchev–Trinajstić information content (AvgIpc) is 2.30. The van der Waals surface area contributed by atoms with Gasteiger partial charge in [-0.3, -0.25) is 0 Å². The van der Waals surface area contributed by atoms with Crippen molar-refractivity contribution in [3.8, 4) is 11.5 Å². The Morgan fingerprint density at radius 1 is 1.38 bits per heavy atom. The fraction of sp³-hybridized carbons (Fsp3) is 0.500. The second-order valence-corrected chi connectivity index (χ2v) is 4.18. The van der Waals surface area contributed by atoms with Crippen molar-refractivity contribution in [3.05, 3.63) is 22.7 Å². The summed E-state index contributed by atoms with van der Waals surface area (Å²) in [6.07, 6.45) is 0.984. The van der Waals surface area contributed by atoms with Gasteiger partial charge < -0.3 is 14.8 Å². The lowest BCUT2D eigenvalue weighted by atomic mass is 10.3. The molecule has 0 amide bonds. The van der Waals surface area contributed by atoms with Gasteiger partial charge >= 0.3 is 0 Å². The number of hydrogen-bond donors (Lipinski definition) is 1. The van der Waals surface area contributed by atoms with Gasteiger partial charge in [0.2, 0.25) is 0 Å². The topological polar surface area (TPSA) is 30.5 Å². The predicted molar refractivity (Wildman–Crippen MR) is 69.3 cm³/mol. The third kappa shape index (κ3) is 4.02. The first kappa shape index (κ1) is 13.3. The molecule has 90 valence electrons. The van der Waals surface area contributed by atoms with Crippen molar-refractivity contribution in [2.75, 3.05) is 26.8 Å². The molecular formula is C12H18BrNO2. The number of para-hydroxylation sites is 1. The van der Waals surface area contributed by atoms with E-state index in [-0.39, 0.29) is 0 Å². The number of hydrogen-bond acceptors (Lipinski definition) is 3. The van der Waals surface area contributed by atoms with Crippen molar-refractivity contribution in [1.82, 2.24) is 5.32 Å². The zero-order chi connectivity index (χ0) is 11.8. The molecule has 0 aliphatic carbocycles. The maximum absolute atomic E-state index is 5.69. The highest BCUT2D eigenvalue weighted by Gasteiger charge is 2.07. The van der Waals surface area contributed by atoms with E-state index < -0.39 is 0 Å². The smallest absolute Gasteiger partial charge is 0.175 e. The van der Waals surface area contributed by atoms with Crippen LogP contribution in [0.25, 0.3) is 0 Å². The van der Waals surface area contributed by atoms with Gasteiger partial charge in [-0.25, -0.2) is 0 Å². The van der Waals surface area contributed by atoms with Crippen LogP contribution in [0.1, 0.15) is 13.3 Å². The molecule has 0 aliphatic heterocycles. The van der Waals surface area contributed by atoms with Crippen LogP contribution in [0.3, 0.4) is 0 Å². The van der Waals surface area contributed by atoms with E-state index in [0.717, 1.165) is 35.5 Å². The number of halogens is 1. The summed E-state index contributed by atoms with van der Waals surface area (Å²) in [5.41, 5.74) is 0. The van der Waals surface area contributed by atoms with Crippen LogP contribution in [0.15, 0.2) is 22.7 Å². The van der Waals surface area contributed by atoms with Gasteiger partial charge in [0.05, 0.1) is 18.2 Å². The summed E-state index contributed by atoms with van der Waals surface area (Å²) in [7, 11) is 1.65. The van der Waals surface area contributed by atoms with E-state index in [1.54, 1.807) is 7.11 Å². The Morgan fingerprint density at radius 2 is 2.19 bits per heavy atom. The molecular weight excluding hydrogens is 270 g/mol. The van der Waals surface area contributed by atoms with Gasteiger partial charge in [0.25, 0.3) is 0 Å². The lowest BCUT2D eigenvalue weighted by Gasteiger charge is -2.12. The van der Waals surface area contributed by atoms with E-state index in [1.165, 1.54) is 0 Å². The van der Waals surface area contributed by atoms with E-state index in [0.29, 0.717) is 6.61 Å². The minimum atomic E-state index is 0.686. The first-order valence-electron chi connectivity index (χ1n) is 5.45. The average molecular weight is 288 g/mol. The molecule has 0 heterocycles. The quantitative estimate of drug-likeness (QED) is 0.783. The zero-order valence-electron chi connectivity index (χ0n) is 9.75. The number of methoxy groups -OCH3 is 1. The van der Waals surface area contributed by atoms with Crippen molar-refractivity contribution >= 4 is 15.9 Å². The van der Waals surface area contributed by atoms with E-state index in [2.05, 4.69) is 28.2 Å². The first-order valence-corrected chi connectivity index (χ1v) is 6.25. The van der Waals surface area contributed by atoms with E-state index in [1.807, 2.05) is 18.2 Å². The van der Waals surface area contributed by atoms with Gasteiger partial charge in [-0.15, -0.1) is 0 Å². The number of benzene rings is 1. The third-order valence-electron chi connectivity index (χ3n) is 2.15. The van der Waals surface area contributed by atoms with Gasteiger partial charge in [0.1, 0.15) is 0 Å². The molecule has 0 saturated carbocycles. The van der Waals surface area contributed by atoms with Crippen LogP contribution < -0.4 is 14.8 Å². The molecule has 0 aromatic heterocycles. The maximum atomic E-state index is 5.69. The molecule has 0 bridgehead atoms. The van der Waals surface area contributed by atoms with Crippen LogP contribution in [-0.4, -0.2) is 26.8 Å². The van der Waals surface area contributed by atoms with Crippen molar-refractivity contribution in [2.45, 2.75) is 13.3 Å². The highest BCUT2D eigenvalue weighted by Crippen LogP contribution is 2.34. The van der Waals surface area contributed by atoms with Crippen LogP contribution in [0.4, 0.5) is 0 Å². The Morgan fingerprint density at radius 3 is 2.88 bits per heavy atom. The summed E-state index contributed by atoms with van der Waals surface area (Å²) in [5.74, 6) is 1.54. The van der Waals surface area contributed by atoms with Gasteiger partial charge in [-0.2, -0.15) is 0 Å². The van der Waals surface area contributed by atoms with Crippen LogP contribution in [-0.2, 0) is 0 Å². The van der Waals surface area contributed by atoms with Gasteiger partial charge in [0.15, 0.2) is 11.5 Å². The van der Waals surface area contributed by atoms with Crippen LogP contribution in [0, 0.1) is 0 Å². The normalized spacial score (nSPS) is 10.2. The lowest BCUT2D eigenvalue weighted by molar-refractivity contribution is 0.286. The first-order chi connectivity index (χ1) is 7.79. The van der Waals surface area contributed by atoms with Crippen molar-refractivity contribution in [2.24, 2.45) is 0 Å². The summed E-state index contributed by atoms with van der Waals surface area (Å²) in [6.45, 7) is 4.76. The van der Waals surface area contributed by atoms with E-state index in [4.69, 9.17) is 9.47 Å². The van der Waals surface area contributed by atoms with E-state index in [9.17, 15) is 0 Å². The minimum absolute atomic E-state index is 0.686. The Labute approximate surface area is 105 Å². The molecule has 3 nitrogen and oxygen atoms in total.